The lowest BCUT2D eigenvalue weighted by atomic mass is 9.91. The summed E-state index contributed by atoms with van der Waals surface area (Å²) in [6.07, 6.45) is 1.19. The Morgan fingerprint density at radius 2 is 0.917 bits per heavy atom. The maximum atomic E-state index is 15.1. The minimum Gasteiger partial charge on any atom is -0.391 e. The molecule has 1 heterocycles. The van der Waals surface area contributed by atoms with Crippen LogP contribution in [0.25, 0.3) is 0 Å². The molecule has 11 amide bonds. The molecule has 0 aromatic heterocycles. The van der Waals surface area contributed by atoms with Crippen molar-refractivity contribution in [3.63, 3.8) is 0 Å². The van der Waals surface area contributed by atoms with Crippen molar-refractivity contribution < 1.29 is 63.0 Å². The Morgan fingerprint density at radius 3 is 1.37 bits per heavy atom. The van der Waals surface area contributed by atoms with Crippen LogP contribution in [0, 0.1) is 35.5 Å². The van der Waals surface area contributed by atoms with Gasteiger partial charge in [0.1, 0.15) is 60.4 Å². The second-order valence-corrected chi connectivity index (χ2v) is 25.1. The van der Waals surface area contributed by atoms with E-state index in [0.29, 0.717) is 6.42 Å². The summed E-state index contributed by atoms with van der Waals surface area (Å²) < 4.78 is 0. The van der Waals surface area contributed by atoms with Gasteiger partial charge in [0, 0.05) is 49.3 Å². The van der Waals surface area contributed by atoms with Gasteiger partial charge in [-0.15, -0.1) is 0 Å². The molecule has 0 radical (unpaired) electrons. The number of allylic oxidation sites excluding steroid dienone is 2. The summed E-state index contributed by atoms with van der Waals surface area (Å²) in [4.78, 5) is 167. The highest BCUT2D eigenvalue weighted by atomic mass is 16.3. The third-order valence-corrected chi connectivity index (χ3v) is 15.8. The van der Waals surface area contributed by atoms with Gasteiger partial charge in [-0.3, -0.25) is 52.7 Å². The van der Waals surface area contributed by atoms with Gasteiger partial charge in [-0.2, -0.15) is 0 Å². The molecular formula is C60H107N11O13. The number of aliphatic hydroxyl groups excluding tert-OH is 2. The molecule has 1 saturated heterocycles. The normalized spacial score (nSPS) is 27.4. The van der Waals surface area contributed by atoms with E-state index in [2.05, 4.69) is 21.3 Å². The molecule has 0 aliphatic carbocycles. The van der Waals surface area contributed by atoms with E-state index in [4.69, 9.17) is 0 Å². The first-order valence-electron chi connectivity index (χ1n) is 29.8. The molecule has 0 saturated carbocycles. The van der Waals surface area contributed by atoms with Crippen LogP contribution < -0.4 is 21.3 Å². The van der Waals surface area contributed by atoms with Gasteiger partial charge in [0.15, 0.2) is 0 Å². The molecule has 1 aliphatic rings. The number of nitrogens with zero attached hydrogens (tertiary/aromatic N) is 7. The first-order chi connectivity index (χ1) is 38.7. The third-order valence-electron chi connectivity index (χ3n) is 15.8. The summed E-state index contributed by atoms with van der Waals surface area (Å²) in [6, 6.07) is -13.1. The molecule has 84 heavy (non-hydrogen) atoms. The van der Waals surface area contributed by atoms with E-state index in [1.54, 1.807) is 60.6 Å². The zero-order valence-electron chi connectivity index (χ0n) is 54.8. The van der Waals surface area contributed by atoms with Crippen molar-refractivity contribution in [2.45, 2.75) is 216 Å². The maximum Gasteiger partial charge on any atom is 0.246 e. The molecule has 13 atom stereocenters. The van der Waals surface area contributed by atoms with E-state index < -0.39 is 162 Å². The van der Waals surface area contributed by atoms with Crippen molar-refractivity contribution in [2.75, 3.05) is 55.9 Å². The summed E-state index contributed by atoms with van der Waals surface area (Å²) >= 11 is 0. The molecule has 0 bridgehead atoms. The standard InChI is InChI=1S/C60H107N11O13/c1-24-26-27-37(13)50(74)49-54(78)63-41(25-2)56(80)65(17)31-45(73)69(21)48(40(16)72)53(77)64-46(35(9)10)59(83)66(18)42(28-32(3)4)52(76)61-38(14)51(75)62-39(15)55(79)67(19)43(29-33(5)6)57(81)68(20)44(30-34(7)8)58(82)70(22)47(36(11)12)60(84)71(49)23/h24,26,32-44,46-50,72,74H,25,27-31H2,1-23H3,(H,61,76)(H,62,75)(H,63,78)(H,64,77)/b26-24+/t37-,38+,39-,40+,41+,42+,43+,44+,46+,47+,48+,49+,50-/m1/s1. The van der Waals surface area contributed by atoms with Gasteiger partial charge >= 0.3 is 0 Å². The lowest BCUT2D eigenvalue weighted by Crippen LogP contribution is -2.63. The molecule has 24 nitrogen and oxygen atoms in total. The van der Waals surface area contributed by atoms with Crippen LogP contribution in [-0.4, -0.2) is 238 Å². The van der Waals surface area contributed by atoms with E-state index in [9.17, 15) is 53.4 Å². The Hall–Kier alpha value is -6.17. The average Bonchev–Trinajstić information content (AvgIpc) is 3.42. The Bertz CT molecular complexity index is 2310. The highest BCUT2D eigenvalue weighted by Gasteiger charge is 2.46. The van der Waals surface area contributed by atoms with Crippen LogP contribution in [0.2, 0.25) is 0 Å². The molecule has 1 aliphatic heterocycles. The SMILES string of the molecule is C/C=C/C[C@@H](C)[C@@H](O)[C@H]1C(=O)N[C@@H](CC)C(=O)N(C)CC(=O)N(C)[C@@H]([C@H](C)O)C(=O)N[C@@H](C(C)C)C(=O)N(C)[C@@H](CC(C)C)C(=O)N[C@@H](C)C(=O)N[C@H](C)C(=O)N(C)[C@@H](CC(C)C)C(=O)N(C)[C@@H](CC(C)C)C(=O)N(C)[C@@H](C(C)C)C(=O)N1C. The molecular weight excluding hydrogens is 1080 g/mol. The predicted molar refractivity (Wildman–Crippen MR) is 321 cm³/mol. The number of rotatable bonds is 14. The summed E-state index contributed by atoms with van der Waals surface area (Å²) in [6.45, 7) is 26.4. The fourth-order valence-electron chi connectivity index (χ4n) is 10.5. The molecule has 6 N–H and O–H groups in total. The van der Waals surface area contributed by atoms with Crippen LogP contribution in [-0.2, 0) is 52.7 Å². The van der Waals surface area contributed by atoms with Crippen molar-refractivity contribution >= 4 is 65.0 Å². The van der Waals surface area contributed by atoms with Crippen LogP contribution in [0.15, 0.2) is 12.2 Å². The van der Waals surface area contributed by atoms with Crippen molar-refractivity contribution in [1.29, 1.82) is 0 Å². The van der Waals surface area contributed by atoms with Crippen LogP contribution in [0.3, 0.4) is 0 Å². The van der Waals surface area contributed by atoms with Crippen LogP contribution >= 0.6 is 0 Å². The molecule has 1 rings (SSSR count). The van der Waals surface area contributed by atoms with E-state index in [1.165, 1.54) is 89.7 Å². The smallest absolute Gasteiger partial charge is 0.246 e. The number of carbonyl (C=O) groups excluding carboxylic acids is 11. The lowest BCUT2D eigenvalue weighted by Gasteiger charge is -2.41. The van der Waals surface area contributed by atoms with Crippen molar-refractivity contribution in [3.05, 3.63) is 12.2 Å². The summed E-state index contributed by atoms with van der Waals surface area (Å²) in [5.74, 6) is -10.5. The minimum absolute atomic E-state index is 0.0185. The fourth-order valence-corrected chi connectivity index (χ4v) is 10.5. The molecule has 0 unspecified atom stereocenters. The number of nitrogens with one attached hydrogen (secondary N) is 4. The van der Waals surface area contributed by atoms with Crippen molar-refractivity contribution in [1.82, 2.24) is 55.6 Å². The van der Waals surface area contributed by atoms with E-state index in [1.807, 2.05) is 41.5 Å². The van der Waals surface area contributed by atoms with Crippen LogP contribution in [0.1, 0.15) is 143 Å². The summed E-state index contributed by atoms with van der Waals surface area (Å²) in [5, 5.41) is 33.8. The zero-order chi connectivity index (χ0) is 65.3. The average molecular weight is 1190 g/mol. The van der Waals surface area contributed by atoms with E-state index in [-0.39, 0.29) is 43.4 Å². The second-order valence-electron chi connectivity index (χ2n) is 25.1. The second kappa shape index (κ2) is 34.1. The van der Waals surface area contributed by atoms with Gasteiger partial charge in [0.05, 0.1) is 18.8 Å². The maximum absolute atomic E-state index is 15.1. The number of amides is 11. The molecule has 0 spiro atoms. The van der Waals surface area contributed by atoms with Crippen molar-refractivity contribution in [2.24, 2.45) is 35.5 Å². The highest BCUT2D eigenvalue weighted by molar-refractivity contribution is 5.99. The number of hydrogen-bond donors (Lipinski definition) is 6. The Morgan fingerprint density at radius 1 is 0.476 bits per heavy atom. The van der Waals surface area contributed by atoms with Gasteiger partial charge in [-0.25, -0.2) is 0 Å². The molecule has 1 fully saturated rings. The molecule has 0 aromatic carbocycles. The summed E-state index contributed by atoms with van der Waals surface area (Å²) in [5.41, 5.74) is 0. The van der Waals surface area contributed by atoms with Gasteiger partial charge in [-0.05, 0) is 95.3 Å². The van der Waals surface area contributed by atoms with Gasteiger partial charge < -0.3 is 65.8 Å². The lowest BCUT2D eigenvalue weighted by molar-refractivity contribution is -0.157. The van der Waals surface area contributed by atoms with E-state index >= 15 is 9.59 Å². The van der Waals surface area contributed by atoms with Crippen LogP contribution in [0.5, 0.6) is 0 Å². The highest BCUT2D eigenvalue weighted by Crippen LogP contribution is 2.25. The van der Waals surface area contributed by atoms with Crippen molar-refractivity contribution in [3.8, 4) is 0 Å². The first-order valence-corrected chi connectivity index (χ1v) is 29.8. The first kappa shape index (κ1) is 75.8. The van der Waals surface area contributed by atoms with Gasteiger partial charge in [0.2, 0.25) is 65.0 Å². The monoisotopic (exact) mass is 1190 g/mol. The Labute approximate surface area is 500 Å². The molecule has 0 aromatic rings. The summed E-state index contributed by atoms with van der Waals surface area (Å²) in [7, 11) is 9.55. The van der Waals surface area contributed by atoms with Gasteiger partial charge in [-0.1, -0.05) is 95.2 Å². The quantitative estimate of drug-likeness (QED) is 0.135. The number of aliphatic hydroxyl groups is 2. The number of carbonyl (C=O) groups is 11. The third kappa shape index (κ3) is 20.5. The molecule has 24 heteroatoms. The minimum atomic E-state index is -1.64. The molecule has 480 valence electrons. The van der Waals surface area contributed by atoms with Gasteiger partial charge in [0.25, 0.3) is 0 Å². The Balaban J connectivity index is 4.30. The zero-order valence-corrected chi connectivity index (χ0v) is 54.8. The topological polar surface area (TPSA) is 299 Å². The largest absolute Gasteiger partial charge is 0.391 e. The number of hydrogen-bond acceptors (Lipinski definition) is 13. The number of likely N-dealkylation sites (N-methyl/N-ethyl adjacent to an activating group) is 7. The Kier molecular flexibility index (Phi) is 30.8. The fraction of sp³-hybridized carbons (Fsp3) is 0.783. The predicted octanol–water partition coefficient (Wildman–Crippen LogP) is 1.60. The van der Waals surface area contributed by atoms with E-state index in [0.717, 1.165) is 14.7 Å². The van der Waals surface area contributed by atoms with Crippen LogP contribution in [0.4, 0.5) is 0 Å².